The zero-order chi connectivity index (χ0) is 12.5. The van der Waals surface area contributed by atoms with E-state index < -0.39 is 0 Å². The summed E-state index contributed by atoms with van der Waals surface area (Å²) in [7, 11) is 0. The van der Waals surface area contributed by atoms with Crippen molar-refractivity contribution >= 4 is 0 Å². The van der Waals surface area contributed by atoms with Gasteiger partial charge in [0.25, 0.3) is 0 Å². The molecular formula is C13H14FN3O. The zero-order valence-corrected chi connectivity index (χ0v) is 10.1. The number of halogens is 1. The van der Waals surface area contributed by atoms with Gasteiger partial charge in [-0.1, -0.05) is 6.07 Å². The van der Waals surface area contributed by atoms with Gasteiger partial charge in [0.05, 0.1) is 6.54 Å². The van der Waals surface area contributed by atoms with E-state index in [1.807, 2.05) is 0 Å². The molecule has 0 spiro atoms. The molecule has 0 aliphatic heterocycles. The maximum Gasteiger partial charge on any atom is 0.247 e. The number of benzene rings is 1. The highest BCUT2D eigenvalue weighted by molar-refractivity contribution is 5.53. The summed E-state index contributed by atoms with van der Waals surface area (Å²) < 4.78 is 18.9. The average Bonchev–Trinajstić information content (AvgIpc) is 3.08. The minimum absolute atomic E-state index is 0.261. The summed E-state index contributed by atoms with van der Waals surface area (Å²) in [6.45, 7) is 2.30. The van der Waals surface area contributed by atoms with Crippen molar-refractivity contribution in [3.8, 4) is 11.5 Å². The molecule has 0 saturated heterocycles. The molecule has 4 nitrogen and oxygen atoms in total. The van der Waals surface area contributed by atoms with E-state index >= 15 is 0 Å². The molecular weight excluding hydrogens is 233 g/mol. The first-order valence-electron chi connectivity index (χ1n) is 6.04. The fourth-order valence-electron chi connectivity index (χ4n) is 1.69. The minimum Gasteiger partial charge on any atom is -0.419 e. The number of rotatable bonds is 4. The van der Waals surface area contributed by atoms with E-state index in [0.29, 0.717) is 35.5 Å². The molecule has 1 N–H and O–H groups in total. The molecule has 2 aromatic rings. The van der Waals surface area contributed by atoms with Crippen LogP contribution < -0.4 is 5.32 Å². The molecule has 0 bridgehead atoms. The minimum atomic E-state index is -0.261. The third kappa shape index (κ3) is 2.41. The Morgan fingerprint density at radius 2 is 2.22 bits per heavy atom. The summed E-state index contributed by atoms with van der Waals surface area (Å²) >= 11 is 0. The first-order chi connectivity index (χ1) is 8.72. The third-order valence-electron chi connectivity index (χ3n) is 3.00. The van der Waals surface area contributed by atoms with Gasteiger partial charge in [-0.2, -0.15) is 0 Å². The zero-order valence-electron chi connectivity index (χ0n) is 10.1. The summed E-state index contributed by atoms with van der Waals surface area (Å²) in [5.74, 6) is 0.641. The van der Waals surface area contributed by atoms with E-state index in [9.17, 15) is 4.39 Å². The number of nitrogens with one attached hydrogen (secondary N) is 1. The van der Waals surface area contributed by atoms with Gasteiger partial charge < -0.3 is 9.73 Å². The SMILES string of the molecule is Cc1ccc(-c2nnc(CNC3CC3)o2)cc1F. The molecule has 0 unspecified atom stereocenters. The molecule has 1 aromatic carbocycles. The second-order valence-corrected chi connectivity index (χ2v) is 4.62. The molecule has 1 fully saturated rings. The van der Waals surface area contributed by atoms with Crippen molar-refractivity contribution in [2.75, 3.05) is 0 Å². The van der Waals surface area contributed by atoms with Crippen LogP contribution in [0, 0.1) is 12.7 Å². The fourth-order valence-corrected chi connectivity index (χ4v) is 1.69. The smallest absolute Gasteiger partial charge is 0.247 e. The maximum absolute atomic E-state index is 13.4. The predicted molar refractivity (Wildman–Crippen MR) is 64.3 cm³/mol. The van der Waals surface area contributed by atoms with Crippen molar-refractivity contribution in [2.45, 2.75) is 32.4 Å². The fraction of sp³-hybridized carbons (Fsp3) is 0.385. The number of aromatic nitrogens is 2. The summed E-state index contributed by atoms with van der Waals surface area (Å²) in [6, 6.07) is 5.50. The van der Waals surface area contributed by atoms with Crippen molar-refractivity contribution in [3.05, 3.63) is 35.5 Å². The first kappa shape index (κ1) is 11.3. The van der Waals surface area contributed by atoms with Crippen molar-refractivity contribution < 1.29 is 8.81 Å². The molecule has 0 amide bonds. The van der Waals surface area contributed by atoms with Crippen LogP contribution in [0.4, 0.5) is 4.39 Å². The van der Waals surface area contributed by atoms with Crippen molar-refractivity contribution in [1.29, 1.82) is 0 Å². The van der Waals surface area contributed by atoms with E-state index in [1.54, 1.807) is 19.1 Å². The summed E-state index contributed by atoms with van der Waals surface area (Å²) in [4.78, 5) is 0. The lowest BCUT2D eigenvalue weighted by atomic mass is 10.1. The second-order valence-electron chi connectivity index (χ2n) is 4.62. The van der Waals surface area contributed by atoms with Gasteiger partial charge in [-0.25, -0.2) is 4.39 Å². The van der Waals surface area contributed by atoms with E-state index in [0.717, 1.165) is 0 Å². The maximum atomic E-state index is 13.4. The Labute approximate surface area is 104 Å². The number of nitrogens with zero attached hydrogens (tertiary/aromatic N) is 2. The largest absolute Gasteiger partial charge is 0.419 e. The van der Waals surface area contributed by atoms with E-state index in [4.69, 9.17) is 4.42 Å². The van der Waals surface area contributed by atoms with Crippen LogP contribution in [-0.4, -0.2) is 16.2 Å². The molecule has 1 aromatic heterocycles. The van der Waals surface area contributed by atoms with E-state index in [2.05, 4.69) is 15.5 Å². The van der Waals surface area contributed by atoms with Crippen LogP contribution in [0.5, 0.6) is 0 Å². The highest BCUT2D eigenvalue weighted by atomic mass is 19.1. The lowest BCUT2D eigenvalue weighted by molar-refractivity contribution is 0.476. The van der Waals surface area contributed by atoms with Crippen LogP contribution in [-0.2, 0) is 6.54 Å². The Morgan fingerprint density at radius 1 is 1.39 bits per heavy atom. The van der Waals surface area contributed by atoms with Gasteiger partial charge in [0, 0.05) is 11.6 Å². The Bertz CT molecular complexity index is 563. The van der Waals surface area contributed by atoms with Crippen LogP contribution in [0.3, 0.4) is 0 Å². The molecule has 0 atom stereocenters. The lowest BCUT2D eigenvalue weighted by Gasteiger charge is -1.98. The highest BCUT2D eigenvalue weighted by Gasteiger charge is 2.21. The van der Waals surface area contributed by atoms with Gasteiger partial charge >= 0.3 is 0 Å². The van der Waals surface area contributed by atoms with Crippen molar-refractivity contribution in [3.63, 3.8) is 0 Å². The molecule has 1 saturated carbocycles. The number of aryl methyl sites for hydroxylation is 1. The molecule has 5 heteroatoms. The van der Waals surface area contributed by atoms with Crippen molar-refractivity contribution in [2.24, 2.45) is 0 Å². The summed E-state index contributed by atoms with van der Waals surface area (Å²) in [6.07, 6.45) is 2.42. The van der Waals surface area contributed by atoms with E-state index in [-0.39, 0.29) is 5.82 Å². The quantitative estimate of drug-likeness (QED) is 0.901. The Kier molecular flexibility index (Phi) is 2.83. The molecule has 18 heavy (non-hydrogen) atoms. The normalized spacial score (nSPS) is 15.0. The Morgan fingerprint density at radius 3 is 2.94 bits per heavy atom. The monoisotopic (exact) mass is 247 g/mol. The van der Waals surface area contributed by atoms with Crippen LogP contribution in [0.2, 0.25) is 0 Å². The number of hydrogen-bond acceptors (Lipinski definition) is 4. The Hall–Kier alpha value is -1.75. The molecule has 1 heterocycles. The highest BCUT2D eigenvalue weighted by Crippen LogP contribution is 2.22. The summed E-state index contributed by atoms with van der Waals surface area (Å²) in [5.41, 5.74) is 1.22. The molecule has 1 aliphatic carbocycles. The predicted octanol–water partition coefficient (Wildman–Crippen LogP) is 2.44. The molecule has 1 aliphatic rings. The van der Waals surface area contributed by atoms with E-state index in [1.165, 1.54) is 18.9 Å². The molecule has 3 rings (SSSR count). The van der Waals surface area contributed by atoms with Crippen LogP contribution in [0.1, 0.15) is 24.3 Å². The first-order valence-corrected chi connectivity index (χ1v) is 6.04. The molecule has 94 valence electrons. The third-order valence-corrected chi connectivity index (χ3v) is 3.00. The second kappa shape index (κ2) is 4.49. The van der Waals surface area contributed by atoms with Crippen LogP contribution in [0.25, 0.3) is 11.5 Å². The van der Waals surface area contributed by atoms with Gasteiger partial charge in [0.1, 0.15) is 5.82 Å². The lowest BCUT2D eigenvalue weighted by Crippen LogP contribution is -2.15. The Balaban J connectivity index is 1.76. The van der Waals surface area contributed by atoms with Crippen LogP contribution >= 0.6 is 0 Å². The average molecular weight is 247 g/mol. The van der Waals surface area contributed by atoms with Gasteiger partial charge in [-0.05, 0) is 37.5 Å². The molecule has 0 radical (unpaired) electrons. The van der Waals surface area contributed by atoms with Crippen LogP contribution in [0.15, 0.2) is 22.6 Å². The van der Waals surface area contributed by atoms with Crippen molar-refractivity contribution in [1.82, 2.24) is 15.5 Å². The topological polar surface area (TPSA) is 51.0 Å². The van der Waals surface area contributed by atoms with Gasteiger partial charge in [0.2, 0.25) is 11.8 Å². The van der Waals surface area contributed by atoms with Gasteiger partial charge in [-0.15, -0.1) is 10.2 Å². The summed E-state index contributed by atoms with van der Waals surface area (Å²) in [5, 5.41) is 11.2. The standard InChI is InChI=1S/C13H14FN3O/c1-8-2-3-9(6-11(8)14)13-17-16-12(18-13)7-15-10-4-5-10/h2-3,6,10,15H,4-5,7H2,1H3. The van der Waals surface area contributed by atoms with Gasteiger partial charge in [0.15, 0.2) is 0 Å². The number of hydrogen-bond donors (Lipinski definition) is 1. The van der Waals surface area contributed by atoms with Gasteiger partial charge in [-0.3, -0.25) is 0 Å².